The van der Waals surface area contributed by atoms with E-state index in [1.165, 1.54) is 11.3 Å². The summed E-state index contributed by atoms with van der Waals surface area (Å²) < 4.78 is 5.16. The molecule has 0 aliphatic heterocycles. The van der Waals surface area contributed by atoms with Crippen molar-refractivity contribution >= 4 is 34.0 Å². The van der Waals surface area contributed by atoms with Crippen molar-refractivity contribution in [1.29, 1.82) is 0 Å². The van der Waals surface area contributed by atoms with Gasteiger partial charge in [0.1, 0.15) is 0 Å². The molecule has 1 aromatic carbocycles. The lowest BCUT2D eigenvalue weighted by molar-refractivity contribution is 0.0371. The third kappa shape index (κ3) is 2.90. The molecule has 118 valence electrons. The largest absolute Gasteiger partial charge is 0.458 e. The van der Waals surface area contributed by atoms with Crippen LogP contribution in [0.25, 0.3) is 10.9 Å². The summed E-state index contributed by atoms with van der Waals surface area (Å²) in [6.45, 7) is 5.32. The second-order valence-corrected chi connectivity index (χ2v) is 6.66. The summed E-state index contributed by atoms with van der Waals surface area (Å²) in [5.41, 5.74) is 1.66. The lowest BCUT2D eigenvalue weighted by Crippen LogP contribution is -2.13. The first kappa shape index (κ1) is 15.4. The van der Waals surface area contributed by atoms with Crippen LogP contribution in [0.2, 0.25) is 0 Å². The summed E-state index contributed by atoms with van der Waals surface area (Å²) in [7, 11) is 0. The van der Waals surface area contributed by atoms with Crippen LogP contribution in [-0.2, 0) is 4.74 Å². The van der Waals surface area contributed by atoms with E-state index in [9.17, 15) is 9.59 Å². The van der Waals surface area contributed by atoms with E-state index < -0.39 is 5.97 Å². The number of carbonyl (C=O) groups is 2. The van der Waals surface area contributed by atoms with Gasteiger partial charge in [0.2, 0.25) is 5.78 Å². The predicted molar refractivity (Wildman–Crippen MR) is 89.1 cm³/mol. The molecular formula is C17H16N2O3S. The smallest absolute Gasteiger partial charge is 0.358 e. The number of aryl methyl sites for hydroxylation is 1. The van der Waals surface area contributed by atoms with Crippen molar-refractivity contribution in [1.82, 2.24) is 9.97 Å². The number of nitrogens with zero attached hydrogens (tertiary/aromatic N) is 1. The number of esters is 1. The van der Waals surface area contributed by atoms with Crippen molar-refractivity contribution in [2.45, 2.75) is 26.9 Å². The lowest BCUT2D eigenvalue weighted by atomic mass is 10.1. The highest BCUT2D eigenvalue weighted by Crippen LogP contribution is 2.25. The molecule has 3 rings (SSSR count). The van der Waals surface area contributed by atoms with E-state index >= 15 is 0 Å². The minimum atomic E-state index is -0.494. The van der Waals surface area contributed by atoms with Crippen LogP contribution in [0.15, 0.2) is 30.5 Å². The van der Waals surface area contributed by atoms with Gasteiger partial charge in [0.05, 0.1) is 11.7 Å². The number of ketones is 1. The van der Waals surface area contributed by atoms with E-state index in [-0.39, 0.29) is 17.6 Å². The molecule has 0 radical (unpaired) electrons. The second-order valence-electron chi connectivity index (χ2n) is 5.45. The van der Waals surface area contributed by atoms with Gasteiger partial charge in [-0.3, -0.25) is 4.79 Å². The van der Waals surface area contributed by atoms with Gasteiger partial charge in [0.15, 0.2) is 10.7 Å². The van der Waals surface area contributed by atoms with Crippen molar-refractivity contribution in [3.05, 3.63) is 51.6 Å². The molecule has 3 aromatic rings. The van der Waals surface area contributed by atoms with Crippen molar-refractivity contribution in [2.75, 3.05) is 0 Å². The van der Waals surface area contributed by atoms with Gasteiger partial charge in [-0.1, -0.05) is 18.2 Å². The average molecular weight is 328 g/mol. The summed E-state index contributed by atoms with van der Waals surface area (Å²) in [5.74, 6) is -0.689. The number of H-pyrrole nitrogens is 1. The van der Waals surface area contributed by atoms with Crippen LogP contribution in [0.4, 0.5) is 0 Å². The van der Waals surface area contributed by atoms with Gasteiger partial charge in [0, 0.05) is 22.0 Å². The molecule has 0 aliphatic rings. The van der Waals surface area contributed by atoms with E-state index in [1.807, 2.05) is 24.3 Å². The molecule has 0 saturated carbocycles. The Bertz CT molecular complexity index is 892. The second kappa shape index (κ2) is 5.96. The first-order chi connectivity index (χ1) is 11.0. The highest BCUT2D eigenvalue weighted by Gasteiger charge is 2.23. The van der Waals surface area contributed by atoms with Gasteiger partial charge < -0.3 is 9.72 Å². The maximum absolute atomic E-state index is 12.7. The summed E-state index contributed by atoms with van der Waals surface area (Å²) in [4.78, 5) is 32.7. The third-order valence-electron chi connectivity index (χ3n) is 3.36. The minimum Gasteiger partial charge on any atom is -0.458 e. The predicted octanol–water partition coefficient (Wildman–Crippen LogP) is 3.73. The SMILES string of the molecule is Cc1sc(C(=O)c2c[nH]c3ccccc23)nc1C(=O)OC(C)C. The highest BCUT2D eigenvalue weighted by molar-refractivity contribution is 7.14. The molecule has 0 atom stereocenters. The minimum absolute atomic E-state index is 0.195. The number of fused-ring (bicyclic) bond motifs is 1. The molecule has 2 heterocycles. The number of thiazole rings is 1. The number of ether oxygens (including phenoxy) is 1. The first-order valence-corrected chi connectivity index (χ1v) is 8.08. The standard InChI is InChI=1S/C17H16N2O3S/c1-9(2)22-17(21)14-10(3)23-16(19-14)15(20)12-8-18-13-7-5-4-6-11(12)13/h4-9,18H,1-3H3. The number of hydrogen-bond donors (Lipinski definition) is 1. The summed E-state index contributed by atoms with van der Waals surface area (Å²) in [6, 6.07) is 7.57. The lowest BCUT2D eigenvalue weighted by Gasteiger charge is -2.05. The summed E-state index contributed by atoms with van der Waals surface area (Å²) >= 11 is 1.21. The van der Waals surface area contributed by atoms with Gasteiger partial charge >= 0.3 is 5.97 Å². The molecule has 0 unspecified atom stereocenters. The first-order valence-electron chi connectivity index (χ1n) is 7.26. The molecule has 23 heavy (non-hydrogen) atoms. The number of aromatic amines is 1. The number of para-hydroxylation sites is 1. The van der Waals surface area contributed by atoms with Crippen molar-refractivity contribution in [3.63, 3.8) is 0 Å². The van der Waals surface area contributed by atoms with E-state index in [0.717, 1.165) is 10.9 Å². The fraction of sp³-hybridized carbons (Fsp3) is 0.235. The van der Waals surface area contributed by atoms with Gasteiger partial charge in [-0.2, -0.15) is 0 Å². The van der Waals surface area contributed by atoms with Crippen LogP contribution >= 0.6 is 11.3 Å². The average Bonchev–Trinajstić information content (AvgIpc) is 3.09. The van der Waals surface area contributed by atoms with E-state index in [2.05, 4.69) is 9.97 Å². The van der Waals surface area contributed by atoms with E-state index in [1.54, 1.807) is 27.0 Å². The zero-order chi connectivity index (χ0) is 16.6. The zero-order valence-electron chi connectivity index (χ0n) is 13.0. The van der Waals surface area contributed by atoms with E-state index in [0.29, 0.717) is 15.4 Å². The van der Waals surface area contributed by atoms with Crippen molar-refractivity contribution in [3.8, 4) is 0 Å². The number of carbonyl (C=O) groups excluding carboxylic acids is 2. The Kier molecular flexibility index (Phi) is 4.00. The van der Waals surface area contributed by atoms with Crippen LogP contribution in [0.1, 0.15) is 44.6 Å². The number of aromatic nitrogens is 2. The summed E-state index contributed by atoms with van der Waals surface area (Å²) in [5, 5.41) is 1.14. The Hall–Kier alpha value is -2.47. The molecule has 0 saturated heterocycles. The van der Waals surface area contributed by atoms with E-state index in [4.69, 9.17) is 4.74 Å². The van der Waals surface area contributed by atoms with Crippen LogP contribution in [0.3, 0.4) is 0 Å². The Morgan fingerprint density at radius 2 is 2.00 bits per heavy atom. The number of benzene rings is 1. The quantitative estimate of drug-likeness (QED) is 0.585. The Morgan fingerprint density at radius 3 is 2.74 bits per heavy atom. The molecule has 5 nitrogen and oxygen atoms in total. The molecule has 0 aliphatic carbocycles. The number of hydrogen-bond acceptors (Lipinski definition) is 5. The number of nitrogens with one attached hydrogen (secondary N) is 1. The monoisotopic (exact) mass is 328 g/mol. The molecule has 0 bridgehead atoms. The summed E-state index contributed by atoms with van der Waals surface area (Å²) in [6.07, 6.45) is 1.45. The van der Waals surface area contributed by atoms with Gasteiger partial charge in [0.25, 0.3) is 0 Å². The molecule has 1 N–H and O–H groups in total. The normalized spacial score (nSPS) is 11.1. The molecule has 2 aromatic heterocycles. The third-order valence-corrected chi connectivity index (χ3v) is 4.33. The zero-order valence-corrected chi connectivity index (χ0v) is 13.9. The van der Waals surface area contributed by atoms with Crippen molar-refractivity contribution in [2.24, 2.45) is 0 Å². The maximum atomic E-state index is 12.7. The molecule has 0 amide bonds. The molecular weight excluding hydrogens is 312 g/mol. The number of rotatable bonds is 4. The van der Waals surface area contributed by atoms with Crippen molar-refractivity contribution < 1.29 is 14.3 Å². The Morgan fingerprint density at radius 1 is 1.26 bits per heavy atom. The Balaban J connectivity index is 1.96. The van der Waals surface area contributed by atoms with Crippen LogP contribution < -0.4 is 0 Å². The highest BCUT2D eigenvalue weighted by atomic mass is 32.1. The molecule has 6 heteroatoms. The molecule has 0 fully saturated rings. The van der Waals surface area contributed by atoms with Gasteiger partial charge in [-0.05, 0) is 26.8 Å². The Labute approximate surface area is 137 Å². The topological polar surface area (TPSA) is 72.0 Å². The van der Waals surface area contributed by atoms with Gasteiger partial charge in [-0.15, -0.1) is 11.3 Å². The van der Waals surface area contributed by atoms with Crippen LogP contribution in [-0.4, -0.2) is 27.8 Å². The molecule has 0 spiro atoms. The maximum Gasteiger partial charge on any atom is 0.358 e. The fourth-order valence-corrected chi connectivity index (χ4v) is 3.18. The van der Waals surface area contributed by atoms with Crippen LogP contribution in [0.5, 0.6) is 0 Å². The van der Waals surface area contributed by atoms with Gasteiger partial charge in [-0.25, -0.2) is 9.78 Å². The fourth-order valence-electron chi connectivity index (χ4n) is 2.33. The van der Waals surface area contributed by atoms with Crippen LogP contribution in [0, 0.1) is 6.92 Å².